The zero-order valence-electron chi connectivity index (χ0n) is 11.9. The average molecular weight is 291 g/mol. The predicted molar refractivity (Wildman–Crippen MR) is 78.4 cm³/mol. The van der Waals surface area contributed by atoms with E-state index in [4.69, 9.17) is 10.5 Å². The van der Waals surface area contributed by atoms with Crippen LogP contribution in [0.2, 0.25) is 0 Å². The van der Waals surface area contributed by atoms with Crippen LogP contribution in [0.25, 0.3) is 0 Å². The van der Waals surface area contributed by atoms with Crippen LogP contribution in [0.3, 0.4) is 0 Å². The molecule has 0 aromatic rings. The van der Waals surface area contributed by atoms with E-state index in [0.29, 0.717) is 6.54 Å². The third kappa shape index (κ3) is 3.61. The smallest absolute Gasteiger partial charge is 0.230 e. The number of nitrogens with zero attached hydrogens (tertiary/aromatic N) is 1. The Labute approximate surface area is 122 Å². The maximum atomic E-state index is 12.7. The fourth-order valence-electron chi connectivity index (χ4n) is 3.28. The highest BCUT2D eigenvalue weighted by atomic mass is 35.5. The molecule has 1 atom stereocenters. The van der Waals surface area contributed by atoms with Crippen molar-refractivity contribution in [2.45, 2.75) is 51.6 Å². The largest absolute Gasteiger partial charge is 0.376 e. The van der Waals surface area contributed by atoms with Crippen LogP contribution in [0.15, 0.2) is 0 Å². The average Bonchev–Trinajstić information content (AvgIpc) is 3.06. The molecule has 1 heterocycles. The van der Waals surface area contributed by atoms with Crippen molar-refractivity contribution in [1.82, 2.24) is 4.90 Å². The van der Waals surface area contributed by atoms with E-state index in [1.807, 2.05) is 11.8 Å². The van der Waals surface area contributed by atoms with Gasteiger partial charge in [-0.1, -0.05) is 12.8 Å². The van der Waals surface area contributed by atoms with Gasteiger partial charge in [0.25, 0.3) is 0 Å². The lowest BCUT2D eigenvalue weighted by atomic mass is 9.84. The molecular weight excluding hydrogens is 264 g/mol. The van der Waals surface area contributed by atoms with Crippen molar-refractivity contribution in [2.75, 3.05) is 26.2 Å². The van der Waals surface area contributed by atoms with Crippen LogP contribution in [0, 0.1) is 5.41 Å². The van der Waals surface area contributed by atoms with Gasteiger partial charge in [-0.05, 0) is 32.6 Å². The Bertz CT molecular complexity index is 287. The van der Waals surface area contributed by atoms with Crippen molar-refractivity contribution in [3.8, 4) is 0 Å². The Morgan fingerprint density at radius 3 is 2.53 bits per heavy atom. The van der Waals surface area contributed by atoms with Gasteiger partial charge in [0.15, 0.2) is 0 Å². The molecule has 4 nitrogen and oxygen atoms in total. The number of likely N-dealkylation sites (N-methyl/N-ethyl adjacent to an activating group) is 1. The van der Waals surface area contributed by atoms with Crippen LogP contribution in [0.5, 0.6) is 0 Å². The van der Waals surface area contributed by atoms with Gasteiger partial charge >= 0.3 is 0 Å². The molecule has 0 aromatic heterocycles. The Hall–Kier alpha value is -0.320. The fraction of sp³-hybridized carbons (Fsp3) is 0.929. The molecular formula is C14H27ClN2O2. The molecule has 0 radical (unpaired) electrons. The van der Waals surface area contributed by atoms with Crippen LogP contribution in [-0.2, 0) is 9.53 Å². The third-order valence-electron chi connectivity index (χ3n) is 4.52. The minimum atomic E-state index is -0.269. The van der Waals surface area contributed by atoms with E-state index in [0.717, 1.165) is 58.2 Å². The monoisotopic (exact) mass is 290 g/mol. The third-order valence-corrected chi connectivity index (χ3v) is 4.52. The fourth-order valence-corrected chi connectivity index (χ4v) is 3.28. The van der Waals surface area contributed by atoms with E-state index in [1.165, 1.54) is 0 Å². The lowest BCUT2D eigenvalue weighted by molar-refractivity contribution is -0.142. The Morgan fingerprint density at radius 1 is 1.37 bits per heavy atom. The quantitative estimate of drug-likeness (QED) is 0.842. The summed E-state index contributed by atoms with van der Waals surface area (Å²) in [6.45, 7) is 4.90. The molecule has 0 spiro atoms. The standard InChI is InChI=1S/C14H26N2O2.ClH/c1-2-16(10-12-6-5-9-18-12)13(17)14(11-15)7-3-4-8-14;/h12H,2-11,15H2,1H3;1H. The molecule has 112 valence electrons. The molecule has 2 aliphatic rings. The minimum Gasteiger partial charge on any atom is -0.376 e. The van der Waals surface area contributed by atoms with Crippen molar-refractivity contribution >= 4 is 18.3 Å². The van der Waals surface area contributed by atoms with Gasteiger partial charge in [0.05, 0.1) is 11.5 Å². The minimum absolute atomic E-state index is 0. The number of hydrogen-bond acceptors (Lipinski definition) is 3. The van der Waals surface area contributed by atoms with E-state index in [9.17, 15) is 4.79 Å². The summed E-state index contributed by atoms with van der Waals surface area (Å²) < 4.78 is 5.64. The maximum Gasteiger partial charge on any atom is 0.230 e. The van der Waals surface area contributed by atoms with E-state index >= 15 is 0 Å². The van der Waals surface area contributed by atoms with E-state index < -0.39 is 0 Å². The molecule has 1 unspecified atom stereocenters. The van der Waals surface area contributed by atoms with Crippen molar-refractivity contribution in [3.63, 3.8) is 0 Å². The number of halogens is 1. The second kappa shape index (κ2) is 7.46. The van der Waals surface area contributed by atoms with Gasteiger partial charge in [0, 0.05) is 26.2 Å². The Balaban J connectivity index is 0.00000180. The molecule has 2 N–H and O–H groups in total. The molecule has 1 amide bonds. The highest BCUT2D eigenvalue weighted by Gasteiger charge is 2.42. The molecule has 1 aliphatic carbocycles. The molecule has 1 aliphatic heterocycles. The maximum absolute atomic E-state index is 12.7. The normalized spacial score (nSPS) is 25.1. The van der Waals surface area contributed by atoms with Gasteiger partial charge < -0.3 is 15.4 Å². The Morgan fingerprint density at radius 2 is 2.05 bits per heavy atom. The number of nitrogens with two attached hydrogens (primary N) is 1. The van der Waals surface area contributed by atoms with Crippen LogP contribution in [-0.4, -0.2) is 43.2 Å². The lowest BCUT2D eigenvalue weighted by Gasteiger charge is -2.34. The number of amides is 1. The number of carbonyl (C=O) groups excluding carboxylic acids is 1. The van der Waals surface area contributed by atoms with Crippen molar-refractivity contribution < 1.29 is 9.53 Å². The number of hydrogen-bond donors (Lipinski definition) is 1. The number of rotatable bonds is 5. The van der Waals surface area contributed by atoms with Gasteiger partial charge in [-0.15, -0.1) is 12.4 Å². The summed E-state index contributed by atoms with van der Waals surface area (Å²) in [7, 11) is 0. The van der Waals surface area contributed by atoms with Gasteiger partial charge in [-0.2, -0.15) is 0 Å². The van der Waals surface area contributed by atoms with Crippen LogP contribution in [0.1, 0.15) is 45.4 Å². The number of ether oxygens (including phenoxy) is 1. The Kier molecular flexibility index (Phi) is 6.57. The van der Waals surface area contributed by atoms with Crippen molar-refractivity contribution in [2.24, 2.45) is 11.1 Å². The summed E-state index contributed by atoms with van der Waals surface area (Å²) in [5.74, 6) is 0.264. The summed E-state index contributed by atoms with van der Waals surface area (Å²) in [5, 5.41) is 0. The lowest BCUT2D eigenvalue weighted by Crippen LogP contribution is -2.48. The summed E-state index contributed by atoms with van der Waals surface area (Å²) in [4.78, 5) is 14.7. The summed E-state index contributed by atoms with van der Waals surface area (Å²) >= 11 is 0. The van der Waals surface area contributed by atoms with Gasteiger partial charge in [0.1, 0.15) is 0 Å². The molecule has 0 aromatic carbocycles. The second-order valence-electron chi connectivity index (χ2n) is 5.67. The zero-order chi connectivity index (χ0) is 13.0. The molecule has 2 fully saturated rings. The van der Waals surface area contributed by atoms with Crippen LogP contribution in [0.4, 0.5) is 0 Å². The van der Waals surface area contributed by atoms with Gasteiger partial charge in [-0.25, -0.2) is 0 Å². The molecule has 1 saturated carbocycles. The van der Waals surface area contributed by atoms with Crippen molar-refractivity contribution in [3.05, 3.63) is 0 Å². The van der Waals surface area contributed by atoms with Crippen molar-refractivity contribution in [1.29, 1.82) is 0 Å². The SMILES string of the molecule is CCN(CC1CCCO1)C(=O)C1(CN)CCCC1.Cl. The summed E-state index contributed by atoms with van der Waals surface area (Å²) in [5.41, 5.74) is 5.62. The highest BCUT2D eigenvalue weighted by molar-refractivity contribution is 5.85. The van der Waals surface area contributed by atoms with Crippen LogP contribution < -0.4 is 5.73 Å². The molecule has 0 bridgehead atoms. The molecule has 2 rings (SSSR count). The first-order valence-electron chi connectivity index (χ1n) is 7.33. The first-order valence-corrected chi connectivity index (χ1v) is 7.33. The number of carbonyl (C=O) groups is 1. The summed E-state index contributed by atoms with van der Waals surface area (Å²) in [6.07, 6.45) is 6.65. The highest BCUT2D eigenvalue weighted by Crippen LogP contribution is 2.39. The van der Waals surface area contributed by atoms with E-state index in [2.05, 4.69) is 0 Å². The predicted octanol–water partition coefficient (Wildman–Crippen LogP) is 1.95. The van der Waals surface area contributed by atoms with E-state index in [-0.39, 0.29) is 29.8 Å². The molecule has 1 saturated heterocycles. The zero-order valence-corrected chi connectivity index (χ0v) is 12.7. The van der Waals surface area contributed by atoms with Gasteiger partial charge in [-0.3, -0.25) is 4.79 Å². The first kappa shape index (κ1) is 16.7. The topological polar surface area (TPSA) is 55.6 Å². The molecule has 19 heavy (non-hydrogen) atoms. The molecule has 5 heteroatoms. The van der Waals surface area contributed by atoms with Crippen LogP contribution >= 0.6 is 12.4 Å². The van der Waals surface area contributed by atoms with Gasteiger partial charge in [0.2, 0.25) is 5.91 Å². The first-order chi connectivity index (χ1) is 8.72. The summed E-state index contributed by atoms with van der Waals surface area (Å²) in [6, 6.07) is 0. The second-order valence-corrected chi connectivity index (χ2v) is 5.67. The van der Waals surface area contributed by atoms with E-state index in [1.54, 1.807) is 0 Å².